The number of aromatic nitrogens is 1. The summed E-state index contributed by atoms with van der Waals surface area (Å²) in [6.45, 7) is 2.79. The van der Waals surface area contributed by atoms with Crippen molar-refractivity contribution in [2.75, 3.05) is 13.1 Å². The van der Waals surface area contributed by atoms with E-state index in [-0.39, 0.29) is 18.2 Å². The number of fused-ring (bicyclic) bond motifs is 1. The first-order valence-electron chi connectivity index (χ1n) is 8.58. The van der Waals surface area contributed by atoms with Crippen molar-refractivity contribution in [2.24, 2.45) is 5.92 Å². The van der Waals surface area contributed by atoms with E-state index in [4.69, 9.17) is 0 Å². The van der Waals surface area contributed by atoms with Crippen molar-refractivity contribution in [3.63, 3.8) is 0 Å². The van der Waals surface area contributed by atoms with Gasteiger partial charge in [0.2, 0.25) is 5.91 Å². The smallest absolute Gasteiger partial charge is 0.309 e. The van der Waals surface area contributed by atoms with Gasteiger partial charge in [0, 0.05) is 25.1 Å². The van der Waals surface area contributed by atoms with Gasteiger partial charge in [-0.3, -0.25) is 14.4 Å². The number of nitrogens with zero attached hydrogens (tertiary/aromatic N) is 2. The molecule has 0 saturated carbocycles. The van der Waals surface area contributed by atoms with Crippen LogP contribution in [-0.2, 0) is 9.59 Å². The first kappa shape index (κ1) is 17.0. The normalized spacial score (nSPS) is 22.0. The monoisotopic (exact) mass is 373 g/mol. The molecule has 3 heterocycles. The minimum atomic E-state index is -0.951. The zero-order chi connectivity index (χ0) is 18.5. The van der Waals surface area contributed by atoms with Gasteiger partial charge in [0.05, 0.1) is 26.7 Å². The molecule has 0 radical (unpaired) electrons. The zero-order valence-corrected chi connectivity index (χ0v) is 15.1. The summed E-state index contributed by atoms with van der Waals surface area (Å²) < 4.78 is 1.05. The van der Waals surface area contributed by atoms with Crippen molar-refractivity contribution in [2.45, 2.75) is 31.7 Å². The Morgan fingerprint density at radius 3 is 2.77 bits per heavy atom. The Labute approximate surface area is 154 Å². The third-order valence-electron chi connectivity index (χ3n) is 5.43. The highest BCUT2D eigenvalue weighted by Crippen LogP contribution is 2.37. The number of thiazole rings is 1. The van der Waals surface area contributed by atoms with Crippen LogP contribution >= 0.6 is 11.3 Å². The van der Waals surface area contributed by atoms with Gasteiger partial charge in [-0.1, -0.05) is 0 Å². The van der Waals surface area contributed by atoms with Gasteiger partial charge >= 0.3 is 5.97 Å². The summed E-state index contributed by atoms with van der Waals surface area (Å²) in [7, 11) is 0. The molecule has 26 heavy (non-hydrogen) atoms. The first-order valence-corrected chi connectivity index (χ1v) is 9.40. The van der Waals surface area contributed by atoms with Crippen molar-refractivity contribution in [3.8, 4) is 0 Å². The van der Waals surface area contributed by atoms with E-state index < -0.39 is 17.4 Å². The van der Waals surface area contributed by atoms with Gasteiger partial charge in [-0.15, -0.1) is 11.3 Å². The average molecular weight is 373 g/mol. The molecule has 0 aliphatic carbocycles. The van der Waals surface area contributed by atoms with Crippen LogP contribution in [0.2, 0.25) is 0 Å². The second-order valence-corrected chi connectivity index (χ2v) is 8.24. The number of carboxylic acid groups (broad SMARTS) is 1. The van der Waals surface area contributed by atoms with Crippen LogP contribution in [0.1, 0.15) is 34.6 Å². The minimum Gasteiger partial charge on any atom is -0.481 e. The fraction of sp³-hybridized carbons (Fsp3) is 0.444. The van der Waals surface area contributed by atoms with Gasteiger partial charge in [-0.05, 0) is 38.0 Å². The van der Waals surface area contributed by atoms with Crippen molar-refractivity contribution < 1.29 is 19.5 Å². The summed E-state index contributed by atoms with van der Waals surface area (Å²) in [5.41, 5.74) is 0.681. The number of aliphatic carboxylic acids is 1. The fourth-order valence-electron chi connectivity index (χ4n) is 4.06. The third kappa shape index (κ3) is 2.74. The molecule has 1 aromatic heterocycles. The first-order chi connectivity index (χ1) is 12.4. The number of piperidine rings is 1. The van der Waals surface area contributed by atoms with Gasteiger partial charge in [0.25, 0.3) is 5.91 Å². The third-order valence-corrected chi connectivity index (χ3v) is 6.38. The number of likely N-dealkylation sites (tertiary alicyclic amines) is 1. The number of carbonyl (C=O) groups excluding carboxylic acids is 2. The molecule has 8 heteroatoms. The van der Waals surface area contributed by atoms with E-state index >= 15 is 0 Å². The lowest BCUT2D eigenvalue weighted by Crippen LogP contribution is -2.56. The Morgan fingerprint density at radius 1 is 1.35 bits per heavy atom. The maximum absolute atomic E-state index is 12.8. The fourth-order valence-corrected chi connectivity index (χ4v) is 4.87. The standard InChI is InChI=1S/C18H19N3O4S/c1-10-19-13-8-11(2-3-14(13)26-10)16(23)21-6-4-18(5-7-21)12(17(24)25)9-15(22)20-18/h2-3,8,12H,4-7,9H2,1H3,(H,20,22)(H,24,25). The van der Waals surface area contributed by atoms with Crippen molar-refractivity contribution in [1.82, 2.24) is 15.2 Å². The molecule has 2 fully saturated rings. The second-order valence-electron chi connectivity index (χ2n) is 7.01. The molecule has 136 valence electrons. The van der Waals surface area contributed by atoms with Crippen molar-refractivity contribution in [3.05, 3.63) is 28.8 Å². The number of nitrogens with one attached hydrogen (secondary N) is 1. The van der Waals surface area contributed by atoms with Crippen LogP contribution in [0.5, 0.6) is 0 Å². The lowest BCUT2D eigenvalue weighted by Gasteiger charge is -2.41. The highest BCUT2D eigenvalue weighted by Gasteiger charge is 2.52. The van der Waals surface area contributed by atoms with Crippen LogP contribution in [0.15, 0.2) is 18.2 Å². The van der Waals surface area contributed by atoms with E-state index in [1.807, 2.05) is 25.1 Å². The second kappa shape index (κ2) is 6.05. The maximum atomic E-state index is 12.8. The summed E-state index contributed by atoms with van der Waals surface area (Å²) in [6, 6.07) is 5.53. The molecular weight excluding hydrogens is 354 g/mol. The predicted octanol–water partition coefficient (Wildman–Crippen LogP) is 1.80. The molecule has 1 aromatic carbocycles. The molecule has 2 amide bonds. The van der Waals surface area contributed by atoms with Gasteiger partial charge in [-0.2, -0.15) is 0 Å². The zero-order valence-electron chi connectivity index (χ0n) is 14.3. The Hall–Kier alpha value is -2.48. The molecule has 2 saturated heterocycles. The van der Waals surface area contributed by atoms with Gasteiger partial charge < -0.3 is 15.3 Å². The quantitative estimate of drug-likeness (QED) is 0.836. The van der Waals surface area contributed by atoms with E-state index in [1.165, 1.54) is 0 Å². The number of carboxylic acids is 1. The highest BCUT2D eigenvalue weighted by molar-refractivity contribution is 7.18. The Bertz CT molecular complexity index is 914. The molecule has 4 rings (SSSR count). The molecule has 0 bridgehead atoms. The SMILES string of the molecule is Cc1nc2cc(C(=O)N3CCC4(CC3)NC(=O)CC4C(=O)O)ccc2s1. The summed E-state index contributed by atoms with van der Waals surface area (Å²) >= 11 is 1.59. The Morgan fingerprint density at radius 2 is 2.08 bits per heavy atom. The molecule has 1 unspecified atom stereocenters. The number of aryl methyl sites for hydroxylation is 1. The van der Waals surface area contributed by atoms with Crippen LogP contribution in [0.4, 0.5) is 0 Å². The predicted molar refractivity (Wildman–Crippen MR) is 96.1 cm³/mol. The van der Waals surface area contributed by atoms with E-state index in [2.05, 4.69) is 10.3 Å². The summed E-state index contributed by atoms with van der Waals surface area (Å²) in [6.07, 6.45) is 0.933. The lowest BCUT2D eigenvalue weighted by atomic mass is 9.77. The Kier molecular flexibility index (Phi) is 3.95. The van der Waals surface area contributed by atoms with Gasteiger partial charge in [0.1, 0.15) is 0 Å². The molecular formula is C18H19N3O4S. The van der Waals surface area contributed by atoms with E-state index in [9.17, 15) is 19.5 Å². The van der Waals surface area contributed by atoms with Gasteiger partial charge in [-0.25, -0.2) is 4.98 Å². The molecule has 1 atom stereocenters. The number of carbonyl (C=O) groups is 3. The lowest BCUT2D eigenvalue weighted by molar-refractivity contribution is -0.144. The molecule has 2 N–H and O–H groups in total. The van der Waals surface area contributed by atoms with Crippen LogP contribution in [-0.4, -0.2) is 51.4 Å². The number of amides is 2. The minimum absolute atomic E-state index is 0.0170. The molecule has 1 spiro atoms. The molecule has 2 aliphatic rings. The van der Waals surface area contributed by atoms with Crippen LogP contribution in [0.25, 0.3) is 10.2 Å². The molecule has 2 aromatic rings. The van der Waals surface area contributed by atoms with Crippen LogP contribution < -0.4 is 5.32 Å². The average Bonchev–Trinajstić information content (AvgIpc) is 3.13. The number of hydrogen-bond donors (Lipinski definition) is 2. The van der Waals surface area contributed by atoms with E-state index in [0.29, 0.717) is 31.5 Å². The summed E-state index contributed by atoms with van der Waals surface area (Å²) in [5.74, 6) is -1.97. The molecule has 2 aliphatic heterocycles. The van der Waals surface area contributed by atoms with E-state index in [0.717, 1.165) is 15.2 Å². The van der Waals surface area contributed by atoms with Gasteiger partial charge in [0.15, 0.2) is 0 Å². The van der Waals surface area contributed by atoms with Crippen molar-refractivity contribution >= 4 is 39.3 Å². The number of rotatable bonds is 2. The van der Waals surface area contributed by atoms with Crippen LogP contribution in [0.3, 0.4) is 0 Å². The molecule has 7 nitrogen and oxygen atoms in total. The van der Waals surface area contributed by atoms with Crippen molar-refractivity contribution in [1.29, 1.82) is 0 Å². The largest absolute Gasteiger partial charge is 0.481 e. The number of hydrogen-bond acceptors (Lipinski definition) is 5. The summed E-state index contributed by atoms with van der Waals surface area (Å²) in [5, 5.41) is 13.2. The maximum Gasteiger partial charge on any atom is 0.309 e. The Balaban J connectivity index is 1.51. The topological polar surface area (TPSA) is 99.6 Å². The van der Waals surface area contributed by atoms with Crippen LogP contribution in [0, 0.1) is 12.8 Å². The van der Waals surface area contributed by atoms with E-state index in [1.54, 1.807) is 16.2 Å². The summed E-state index contributed by atoms with van der Waals surface area (Å²) in [4.78, 5) is 42.2. The highest BCUT2D eigenvalue weighted by atomic mass is 32.1. The number of benzene rings is 1.